The minimum absolute atomic E-state index is 0.0172. The molecule has 0 fully saturated rings. The van der Waals surface area contributed by atoms with E-state index in [-0.39, 0.29) is 24.9 Å². The van der Waals surface area contributed by atoms with Gasteiger partial charge >= 0.3 is 0 Å². The Morgan fingerprint density at radius 2 is 2.04 bits per heavy atom. The highest BCUT2D eigenvalue weighted by Crippen LogP contribution is 2.39. The van der Waals surface area contributed by atoms with Gasteiger partial charge < -0.3 is 20.1 Å². The maximum atomic E-state index is 12.2. The molecule has 3 rings (SSSR count). The summed E-state index contributed by atoms with van der Waals surface area (Å²) in [5, 5.41) is 16.9. The number of anilines is 1. The number of ether oxygens (including phenoxy) is 2. The summed E-state index contributed by atoms with van der Waals surface area (Å²) >= 11 is 6.05. The summed E-state index contributed by atoms with van der Waals surface area (Å²) in [5.41, 5.74) is 0.726. The van der Waals surface area contributed by atoms with E-state index in [1.54, 1.807) is 24.3 Å². The van der Waals surface area contributed by atoms with Crippen LogP contribution in [-0.2, 0) is 0 Å². The lowest BCUT2D eigenvalue weighted by Crippen LogP contribution is -2.28. The maximum absolute atomic E-state index is 12.2. The molecule has 2 aromatic carbocycles. The van der Waals surface area contributed by atoms with Crippen LogP contribution in [-0.4, -0.2) is 30.7 Å². The molecule has 130 valence electrons. The predicted molar refractivity (Wildman–Crippen MR) is 91.5 cm³/mol. The van der Waals surface area contributed by atoms with E-state index in [0.717, 1.165) is 0 Å². The van der Waals surface area contributed by atoms with Gasteiger partial charge in [0.05, 0.1) is 9.95 Å². The first-order chi connectivity index (χ1) is 12.1. The van der Waals surface area contributed by atoms with Gasteiger partial charge in [-0.2, -0.15) is 0 Å². The van der Waals surface area contributed by atoms with Crippen molar-refractivity contribution in [3.8, 4) is 11.5 Å². The highest BCUT2D eigenvalue weighted by Gasteiger charge is 2.20. The summed E-state index contributed by atoms with van der Waals surface area (Å²) in [4.78, 5) is 22.7. The quantitative estimate of drug-likeness (QED) is 0.464. The zero-order chi connectivity index (χ0) is 17.8. The number of nitrogens with zero attached hydrogens (tertiary/aromatic N) is 1. The molecule has 9 heteroatoms. The number of amides is 1. The van der Waals surface area contributed by atoms with Crippen molar-refractivity contribution in [3.05, 3.63) is 57.1 Å². The molecule has 0 saturated heterocycles. The fourth-order valence-corrected chi connectivity index (χ4v) is 2.62. The Labute approximate surface area is 147 Å². The van der Waals surface area contributed by atoms with Gasteiger partial charge in [-0.15, -0.1) is 0 Å². The van der Waals surface area contributed by atoms with Gasteiger partial charge in [-0.3, -0.25) is 14.9 Å². The molecule has 0 bridgehead atoms. The van der Waals surface area contributed by atoms with Crippen molar-refractivity contribution >= 4 is 28.9 Å². The molecule has 0 radical (unpaired) electrons. The number of nitro groups is 1. The summed E-state index contributed by atoms with van der Waals surface area (Å²) in [6, 6.07) is 9.36. The number of fused-ring (bicyclic) bond motifs is 1. The van der Waals surface area contributed by atoms with E-state index in [9.17, 15) is 14.9 Å². The monoisotopic (exact) mass is 363 g/mol. The Hall–Kier alpha value is -3.00. The second kappa shape index (κ2) is 7.27. The number of para-hydroxylation sites is 2. The molecular weight excluding hydrogens is 350 g/mol. The van der Waals surface area contributed by atoms with Gasteiger partial charge in [0.2, 0.25) is 6.79 Å². The fourth-order valence-electron chi connectivity index (χ4n) is 2.36. The smallest absolute Gasteiger partial charge is 0.292 e. The normalized spacial score (nSPS) is 11.9. The Bertz CT molecular complexity index is 827. The first-order valence-electron chi connectivity index (χ1n) is 7.41. The van der Waals surface area contributed by atoms with Crippen molar-refractivity contribution in [1.82, 2.24) is 5.32 Å². The van der Waals surface area contributed by atoms with E-state index in [1.807, 2.05) is 0 Å². The molecule has 1 heterocycles. The molecule has 0 aliphatic carbocycles. The predicted octanol–water partition coefficient (Wildman–Crippen LogP) is 2.82. The van der Waals surface area contributed by atoms with Crippen LogP contribution >= 0.6 is 11.6 Å². The van der Waals surface area contributed by atoms with E-state index in [2.05, 4.69) is 10.6 Å². The van der Waals surface area contributed by atoms with E-state index in [1.165, 1.54) is 12.1 Å². The minimum Gasteiger partial charge on any atom is -0.454 e. The highest BCUT2D eigenvalue weighted by molar-refractivity contribution is 6.32. The van der Waals surface area contributed by atoms with Crippen LogP contribution in [0, 0.1) is 10.1 Å². The number of carbonyl (C=O) groups excluding carboxylic acids is 1. The number of halogens is 1. The van der Waals surface area contributed by atoms with Crippen LogP contribution < -0.4 is 20.1 Å². The van der Waals surface area contributed by atoms with Crippen LogP contribution in [0.3, 0.4) is 0 Å². The average Bonchev–Trinajstić information content (AvgIpc) is 3.08. The summed E-state index contributed by atoms with van der Waals surface area (Å²) in [5.74, 6) is 0.525. The first-order valence-corrected chi connectivity index (χ1v) is 7.78. The molecule has 0 atom stereocenters. The zero-order valence-electron chi connectivity index (χ0n) is 13.0. The van der Waals surface area contributed by atoms with E-state index >= 15 is 0 Å². The van der Waals surface area contributed by atoms with Crippen molar-refractivity contribution < 1.29 is 19.2 Å². The number of nitro benzene ring substituents is 1. The molecule has 8 nitrogen and oxygen atoms in total. The second-order valence-electron chi connectivity index (χ2n) is 5.15. The van der Waals surface area contributed by atoms with Gasteiger partial charge in [0.15, 0.2) is 11.5 Å². The zero-order valence-corrected chi connectivity index (χ0v) is 13.7. The maximum Gasteiger partial charge on any atom is 0.292 e. The van der Waals surface area contributed by atoms with Crippen LogP contribution in [0.1, 0.15) is 10.4 Å². The number of hydrogen-bond acceptors (Lipinski definition) is 6. The van der Waals surface area contributed by atoms with Crippen molar-refractivity contribution in [2.75, 3.05) is 25.2 Å². The van der Waals surface area contributed by atoms with Gasteiger partial charge in [0.25, 0.3) is 11.6 Å². The fraction of sp³-hybridized carbons (Fsp3) is 0.188. The standard InChI is InChI=1S/C16H14ClN3O5/c17-11-7-10(8-14-15(11)25-9-24-14)16(21)19-6-5-18-12-3-1-2-4-13(12)20(22)23/h1-4,7-8,18H,5-6,9H2,(H,19,21). The molecule has 1 aliphatic heterocycles. The van der Waals surface area contributed by atoms with Crippen LogP contribution in [0.5, 0.6) is 11.5 Å². The Balaban J connectivity index is 1.56. The number of hydrogen-bond donors (Lipinski definition) is 2. The molecule has 25 heavy (non-hydrogen) atoms. The number of rotatable bonds is 6. The number of benzene rings is 2. The molecule has 0 aromatic heterocycles. The molecule has 1 aliphatic rings. The lowest BCUT2D eigenvalue weighted by Gasteiger charge is -2.09. The van der Waals surface area contributed by atoms with Crippen molar-refractivity contribution in [3.63, 3.8) is 0 Å². The average molecular weight is 364 g/mol. The number of nitrogens with one attached hydrogen (secondary N) is 2. The molecule has 2 N–H and O–H groups in total. The van der Waals surface area contributed by atoms with E-state index < -0.39 is 4.92 Å². The lowest BCUT2D eigenvalue weighted by molar-refractivity contribution is -0.384. The van der Waals surface area contributed by atoms with E-state index in [4.69, 9.17) is 21.1 Å². The van der Waals surface area contributed by atoms with Crippen LogP contribution in [0.25, 0.3) is 0 Å². The Kier molecular flexibility index (Phi) is 4.90. The van der Waals surface area contributed by atoms with Gasteiger partial charge in [-0.25, -0.2) is 0 Å². The number of carbonyl (C=O) groups is 1. The van der Waals surface area contributed by atoms with Crippen LogP contribution in [0.4, 0.5) is 11.4 Å². The largest absolute Gasteiger partial charge is 0.454 e. The van der Waals surface area contributed by atoms with Crippen molar-refractivity contribution in [2.45, 2.75) is 0 Å². The third-order valence-electron chi connectivity index (χ3n) is 3.52. The Morgan fingerprint density at radius 3 is 2.84 bits per heavy atom. The molecule has 1 amide bonds. The third-order valence-corrected chi connectivity index (χ3v) is 3.80. The summed E-state index contributed by atoms with van der Waals surface area (Å²) in [6.07, 6.45) is 0. The second-order valence-corrected chi connectivity index (χ2v) is 5.56. The van der Waals surface area contributed by atoms with Gasteiger partial charge in [-0.05, 0) is 18.2 Å². The van der Waals surface area contributed by atoms with Gasteiger partial charge in [0.1, 0.15) is 5.69 Å². The van der Waals surface area contributed by atoms with Crippen molar-refractivity contribution in [2.24, 2.45) is 0 Å². The first kappa shape index (κ1) is 16.8. The third kappa shape index (κ3) is 3.74. The molecule has 0 unspecified atom stereocenters. The minimum atomic E-state index is -0.463. The highest BCUT2D eigenvalue weighted by atomic mass is 35.5. The summed E-state index contributed by atoms with van der Waals surface area (Å²) in [7, 11) is 0. The molecule has 0 spiro atoms. The van der Waals surface area contributed by atoms with Gasteiger partial charge in [-0.1, -0.05) is 23.7 Å². The van der Waals surface area contributed by atoms with Crippen LogP contribution in [0.2, 0.25) is 5.02 Å². The Morgan fingerprint density at radius 1 is 1.24 bits per heavy atom. The summed E-state index contributed by atoms with van der Waals surface area (Å²) in [6.45, 7) is 0.672. The molecule has 0 saturated carbocycles. The lowest BCUT2D eigenvalue weighted by atomic mass is 10.2. The SMILES string of the molecule is O=C(NCCNc1ccccc1[N+](=O)[O-])c1cc(Cl)c2c(c1)OCO2. The summed E-state index contributed by atoms with van der Waals surface area (Å²) < 4.78 is 10.4. The molecular formula is C16H14ClN3O5. The van der Waals surface area contributed by atoms with E-state index in [0.29, 0.717) is 34.3 Å². The van der Waals surface area contributed by atoms with Crippen molar-refractivity contribution in [1.29, 1.82) is 0 Å². The topological polar surface area (TPSA) is 103 Å². The molecule has 2 aromatic rings. The van der Waals surface area contributed by atoms with Crippen LogP contribution in [0.15, 0.2) is 36.4 Å². The van der Waals surface area contributed by atoms with Gasteiger partial charge in [0, 0.05) is 24.7 Å².